The van der Waals surface area contributed by atoms with Gasteiger partial charge in [-0.3, -0.25) is 4.79 Å². The summed E-state index contributed by atoms with van der Waals surface area (Å²) in [6.45, 7) is 0. The molecule has 2 rings (SSSR count). The van der Waals surface area contributed by atoms with Gasteiger partial charge in [0.05, 0.1) is 3.57 Å². The lowest BCUT2D eigenvalue weighted by atomic mass is 10.0. The van der Waals surface area contributed by atoms with Crippen LogP contribution in [0.15, 0.2) is 18.2 Å². The van der Waals surface area contributed by atoms with Gasteiger partial charge in [0.15, 0.2) is 0 Å². The summed E-state index contributed by atoms with van der Waals surface area (Å²) in [5.74, 6) is -0.0209. The normalized spacial score (nSPS) is 23.7. The number of aromatic hydroxyl groups is 1. The fourth-order valence-electron chi connectivity index (χ4n) is 2.42. The molecular weight excluding hydrogens is 355 g/mol. The van der Waals surface area contributed by atoms with Crippen LogP contribution in [0.25, 0.3) is 0 Å². The zero-order valence-corrected chi connectivity index (χ0v) is 12.9. The zero-order chi connectivity index (χ0) is 13.8. The van der Waals surface area contributed by atoms with Crippen molar-refractivity contribution >= 4 is 28.5 Å². The maximum atomic E-state index is 12.2. The van der Waals surface area contributed by atoms with Gasteiger partial charge in [0, 0.05) is 17.6 Å². The molecule has 5 heteroatoms. The largest absolute Gasteiger partial charge is 0.507 e. The van der Waals surface area contributed by atoms with E-state index in [-0.39, 0.29) is 23.7 Å². The Kier molecular flexibility index (Phi) is 5.04. The van der Waals surface area contributed by atoms with Crippen molar-refractivity contribution in [2.45, 2.75) is 44.2 Å². The molecule has 4 nitrogen and oxygen atoms in total. The van der Waals surface area contributed by atoms with Crippen molar-refractivity contribution < 1.29 is 9.90 Å². The average molecular weight is 374 g/mol. The Morgan fingerprint density at radius 1 is 1.32 bits per heavy atom. The Hall–Kier alpha value is -0.820. The summed E-state index contributed by atoms with van der Waals surface area (Å²) in [5, 5.41) is 12.6. The summed E-state index contributed by atoms with van der Waals surface area (Å²) >= 11 is 2.03. The molecule has 1 aromatic rings. The van der Waals surface area contributed by atoms with Gasteiger partial charge in [-0.05, 0) is 53.6 Å². The molecule has 1 aliphatic carbocycles. The zero-order valence-electron chi connectivity index (χ0n) is 10.7. The number of amides is 1. The molecule has 104 valence electrons. The highest BCUT2D eigenvalue weighted by Gasteiger charge is 2.22. The highest BCUT2D eigenvalue weighted by atomic mass is 127. The predicted octanol–water partition coefficient (Wildman–Crippen LogP) is 2.39. The van der Waals surface area contributed by atoms with Gasteiger partial charge < -0.3 is 16.2 Å². The van der Waals surface area contributed by atoms with Gasteiger partial charge in [-0.15, -0.1) is 0 Å². The SMILES string of the molecule is NC1CCCCCC1NC(=O)c1ccc(I)c(O)c1. The quantitative estimate of drug-likeness (QED) is 0.550. The van der Waals surface area contributed by atoms with Crippen LogP contribution in [-0.2, 0) is 0 Å². The molecule has 1 aliphatic rings. The van der Waals surface area contributed by atoms with E-state index in [9.17, 15) is 9.90 Å². The number of carbonyl (C=O) groups is 1. The van der Waals surface area contributed by atoms with Crippen LogP contribution in [0.4, 0.5) is 0 Å². The number of carbonyl (C=O) groups excluding carboxylic acids is 1. The first-order valence-electron chi connectivity index (χ1n) is 6.63. The Morgan fingerprint density at radius 3 is 2.79 bits per heavy atom. The van der Waals surface area contributed by atoms with Crippen LogP contribution in [0.5, 0.6) is 5.75 Å². The molecule has 19 heavy (non-hydrogen) atoms. The van der Waals surface area contributed by atoms with Crippen molar-refractivity contribution in [1.82, 2.24) is 5.32 Å². The Balaban J connectivity index is 2.05. The van der Waals surface area contributed by atoms with E-state index in [1.165, 1.54) is 12.5 Å². The summed E-state index contributed by atoms with van der Waals surface area (Å²) in [4.78, 5) is 12.2. The van der Waals surface area contributed by atoms with Crippen LogP contribution in [0.2, 0.25) is 0 Å². The van der Waals surface area contributed by atoms with Gasteiger partial charge in [-0.25, -0.2) is 0 Å². The molecule has 2 atom stereocenters. The van der Waals surface area contributed by atoms with E-state index >= 15 is 0 Å². The maximum absolute atomic E-state index is 12.2. The Labute approximate surface area is 126 Å². The Morgan fingerprint density at radius 2 is 2.05 bits per heavy atom. The second-order valence-corrected chi connectivity index (χ2v) is 6.21. The van der Waals surface area contributed by atoms with Crippen molar-refractivity contribution in [2.24, 2.45) is 5.73 Å². The first-order chi connectivity index (χ1) is 9.08. The van der Waals surface area contributed by atoms with Gasteiger partial charge in [0.25, 0.3) is 5.91 Å². The number of phenolic OH excluding ortho intramolecular Hbond substituents is 1. The number of hydrogen-bond acceptors (Lipinski definition) is 3. The third-order valence-electron chi connectivity index (χ3n) is 3.59. The highest BCUT2D eigenvalue weighted by molar-refractivity contribution is 14.1. The standard InChI is InChI=1S/C14H19IN2O2/c15-10-7-6-9(8-13(10)18)14(19)17-12-5-3-1-2-4-11(12)16/h6-8,11-12,18H,1-5,16H2,(H,17,19). The van der Waals surface area contributed by atoms with Crippen molar-refractivity contribution in [3.63, 3.8) is 0 Å². The molecule has 0 aromatic heterocycles. The maximum Gasteiger partial charge on any atom is 0.251 e. The lowest BCUT2D eigenvalue weighted by Gasteiger charge is -2.22. The van der Waals surface area contributed by atoms with E-state index in [4.69, 9.17) is 5.73 Å². The minimum atomic E-state index is -0.158. The summed E-state index contributed by atoms with van der Waals surface area (Å²) in [7, 11) is 0. The van der Waals surface area contributed by atoms with E-state index in [0.717, 1.165) is 29.3 Å². The molecular formula is C14H19IN2O2. The molecule has 0 saturated heterocycles. The number of nitrogens with one attached hydrogen (secondary N) is 1. The van der Waals surface area contributed by atoms with Crippen molar-refractivity contribution in [3.05, 3.63) is 27.3 Å². The van der Waals surface area contributed by atoms with Gasteiger partial charge >= 0.3 is 0 Å². The van der Waals surface area contributed by atoms with E-state index in [0.29, 0.717) is 5.56 Å². The number of rotatable bonds is 2. The lowest BCUT2D eigenvalue weighted by Crippen LogP contribution is -2.46. The molecule has 0 radical (unpaired) electrons. The smallest absolute Gasteiger partial charge is 0.251 e. The monoisotopic (exact) mass is 374 g/mol. The Bertz CT molecular complexity index is 465. The number of nitrogens with two attached hydrogens (primary N) is 1. The molecule has 0 spiro atoms. The lowest BCUT2D eigenvalue weighted by molar-refractivity contribution is 0.0928. The van der Waals surface area contributed by atoms with E-state index in [2.05, 4.69) is 5.32 Å². The molecule has 1 saturated carbocycles. The number of hydrogen-bond donors (Lipinski definition) is 3. The summed E-state index contributed by atoms with van der Waals surface area (Å²) in [6.07, 6.45) is 5.32. The average Bonchev–Trinajstić information content (AvgIpc) is 2.58. The fourth-order valence-corrected chi connectivity index (χ4v) is 2.76. The molecule has 0 aliphatic heterocycles. The molecule has 1 amide bonds. The predicted molar refractivity (Wildman–Crippen MR) is 83.1 cm³/mol. The van der Waals surface area contributed by atoms with E-state index < -0.39 is 0 Å². The molecule has 4 N–H and O–H groups in total. The van der Waals surface area contributed by atoms with Crippen LogP contribution in [-0.4, -0.2) is 23.1 Å². The van der Waals surface area contributed by atoms with Crippen LogP contribution in [0.3, 0.4) is 0 Å². The topological polar surface area (TPSA) is 75.3 Å². The van der Waals surface area contributed by atoms with E-state index in [1.807, 2.05) is 22.6 Å². The molecule has 1 aromatic carbocycles. The van der Waals surface area contributed by atoms with Gasteiger partial charge in [0.1, 0.15) is 5.75 Å². The second kappa shape index (κ2) is 6.56. The van der Waals surface area contributed by atoms with Crippen LogP contribution < -0.4 is 11.1 Å². The number of phenols is 1. The van der Waals surface area contributed by atoms with Crippen LogP contribution in [0, 0.1) is 3.57 Å². The molecule has 0 heterocycles. The molecule has 2 unspecified atom stereocenters. The minimum Gasteiger partial charge on any atom is -0.507 e. The van der Waals surface area contributed by atoms with E-state index in [1.54, 1.807) is 12.1 Å². The number of benzene rings is 1. The van der Waals surface area contributed by atoms with Crippen molar-refractivity contribution in [1.29, 1.82) is 0 Å². The fraction of sp³-hybridized carbons (Fsp3) is 0.500. The van der Waals surface area contributed by atoms with Gasteiger partial charge in [0.2, 0.25) is 0 Å². The van der Waals surface area contributed by atoms with Crippen molar-refractivity contribution in [3.8, 4) is 5.75 Å². The first-order valence-corrected chi connectivity index (χ1v) is 7.71. The van der Waals surface area contributed by atoms with Crippen LogP contribution >= 0.6 is 22.6 Å². The van der Waals surface area contributed by atoms with Gasteiger partial charge in [-0.1, -0.05) is 19.3 Å². The van der Waals surface area contributed by atoms with Crippen LogP contribution in [0.1, 0.15) is 42.5 Å². The van der Waals surface area contributed by atoms with Gasteiger partial charge in [-0.2, -0.15) is 0 Å². The molecule has 0 bridgehead atoms. The minimum absolute atomic E-state index is 0.0314. The summed E-state index contributed by atoms with van der Waals surface area (Å²) < 4.78 is 0.736. The summed E-state index contributed by atoms with van der Waals surface area (Å²) in [6, 6.07) is 5.02. The number of halogens is 1. The molecule has 1 fully saturated rings. The first kappa shape index (κ1) is 14.6. The third kappa shape index (κ3) is 3.82. The second-order valence-electron chi connectivity index (χ2n) is 5.05. The highest BCUT2D eigenvalue weighted by Crippen LogP contribution is 2.21. The third-order valence-corrected chi connectivity index (χ3v) is 4.51. The summed E-state index contributed by atoms with van der Waals surface area (Å²) in [5.41, 5.74) is 6.57. The van der Waals surface area contributed by atoms with Crippen molar-refractivity contribution in [2.75, 3.05) is 0 Å².